The van der Waals surface area contributed by atoms with E-state index in [4.69, 9.17) is 4.42 Å². The highest BCUT2D eigenvalue weighted by atomic mass is 16.3. The van der Waals surface area contributed by atoms with Crippen LogP contribution in [0.1, 0.15) is 22.3 Å². The molecule has 11 aromatic carbocycles. The van der Waals surface area contributed by atoms with Crippen LogP contribution in [-0.2, 0) is 5.41 Å². The average Bonchev–Trinajstić information content (AvgIpc) is 3.93. The number of hydrogen-bond acceptors (Lipinski definition) is 2. The lowest BCUT2D eigenvalue weighted by atomic mass is 9.67. The Kier molecular flexibility index (Phi) is 9.11. The lowest BCUT2D eigenvalue weighted by Crippen LogP contribution is -2.28. The topological polar surface area (TPSA) is 16.4 Å². The van der Waals surface area contributed by atoms with Gasteiger partial charge in [0.1, 0.15) is 11.2 Å². The Bertz CT molecular complexity index is 3640. The predicted octanol–water partition coefficient (Wildman–Crippen LogP) is 17.6. The molecule has 12 aromatic rings. The minimum Gasteiger partial charge on any atom is -0.455 e. The fourth-order valence-corrected chi connectivity index (χ4v) is 11.0. The van der Waals surface area contributed by atoms with Crippen molar-refractivity contribution in [1.29, 1.82) is 0 Å². The summed E-state index contributed by atoms with van der Waals surface area (Å²) in [4.78, 5) is 2.39. The van der Waals surface area contributed by atoms with Crippen molar-refractivity contribution in [2.75, 3.05) is 4.90 Å². The first kappa shape index (κ1) is 38.7. The van der Waals surface area contributed by atoms with Gasteiger partial charge in [0.2, 0.25) is 0 Å². The first-order valence-electron chi connectivity index (χ1n) is 23.1. The predicted molar refractivity (Wildman–Crippen MR) is 280 cm³/mol. The molecule has 2 heteroatoms. The second-order valence-electron chi connectivity index (χ2n) is 17.6. The van der Waals surface area contributed by atoms with Crippen LogP contribution in [0.5, 0.6) is 0 Å². The molecule has 0 N–H and O–H groups in total. The number of anilines is 3. The normalized spacial score (nSPS) is 12.6. The van der Waals surface area contributed by atoms with Gasteiger partial charge in [0.05, 0.1) is 16.5 Å². The maximum absolute atomic E-state index is 7.24. The molecule has 1 heterocycles. The Hall–Kier alpha value is -8.72. The molecule has 1 aliphatic rings. The van der Waals surface area contributed by atoms with Crippen LogP contribution in [0.3, 0.4) is 0 Å². The molecule has 0 fully saturated rings. The molecule has 0 radical (unpaired) electrons. The molecule has 0 saturated heterocycles. The molecule has 13 rings (SSSR count). The zero-order valence-corrected chi connectivity index (χ0v) is 36.7. The third kappa shape index (κ3) is 6.18. The maximum Gasteiger partial charge on any atom is 0.143 e. The number of rotatable bonds is 8. The molecule has 314 valence electrons. The van der Waals surface area contributed by atoms with Crippen molar-refractivity contribution in [3.05, 3.63) is 283 Å². The van der Waals surface area contributed by atoms with E-state index in [-0.39, 0.29) is 0 Å². The van der Waals surface area contributed by atoms with Crippen molar-refractivity contribution in [2.45, 2.75) is 5.41 Å². The van der Waals surface area contributed by atoms with Crippen LogP contribution in [0.4, 0.5) is 17.1 Å². The Morgan fingerprint density at radius 3 is 1.48 bits per heavy atom. The van der Waals surface area contributed by atoms with Crippen LogP contribution in [0.25, 0.3) is 77.2 Å². The summed E-state index contributed by atoms with van der Waals surface area (Å²) >= 11 is 0. The van der Waals surface area contributed by atoms with E-state index in [1.807, 2.05) is 0 Å². The van der Waals surface area contributed by atoms with E-state index in [0.717, 1.165) is 60.9 Å². The Morgan fingerprint density at radius 1 is 0.343 bits per heavy atom. The summed E-state index contributed by atoms with van der Waals surface area (Å²) in [6.07, 6.45) is 0. The van der Waals surface area contributed by atoms with E-state index in [1.54, 1.807) is 0 Å². The zero-order valence-electron chi connectivity index (χ0n) is 36.7. The van der Waals surface area contributed by atoms with Gasteiger partial charge in [0.15, 0.2) is 0 Å². The zero-order chi connectivity index (χ0) is 44.3. The Balaban J connectivity index is 1.05. The molecule has 0 saturated carbocycles. The minimum absolute atomic E-state index is 0.526. The third-order valence-electron chi connectivity index (χ3n) is 13.9. The molecule has 0 atom stereocenters. The highest BCUT2D eigenvalue weighted by molar-refractivity contribution is 6.22. The summed E-state index contributed by atoms with van der Waals surface area (Å²) in [7, 11) is 0. The van der Waals surface area contributed by atoms with Gasteiger partial charge in [0.25, 0.3) is 0 Å². The van der Waals surface area contributed by atoms with E-state index < -0.39 is 5.41 Å². The second-order valence-corrected chi connectivity index (χ2v) is 17.6. The van der Waals surface area contributed by atoms with Gasteiger partial charge in [-0.1, -0.05) is 212 Å². The number of fused-ring (bicyclic) bond motifs is 7. The van der Waals surface area contributed by atoms with Crippen molar-refractivity contribution in [3.63, 3.8) is 0 Å². The van der Waals surface area contributed by atoms with Gasteiger partial charge in [-0.3, -0.25) is 0 Å². The number of furan rings is 1. The molecule has 2 nitrogen and oxygen atoms in total. The molecule has 1 aromatic heterocycles. The SMILES string of the molecule is c1ccc(-c2ccc(N(c3ccc(-c4ccccc4)cc3)c3cccc4oc5c(-c6ccc7c(c6)C(c6ccccc6)(c6ccccc6)c6ccccc6-7)c6ccccc6cc5c34)cc2)cc1. The molecule has 1 aliphatic carbocycles. The average molecular weight is 854 g/mol. The van der Waals surface area contributed by atoms with Gasteiger partial charge >= 0.3 is 0 Å². The van der Waals surface area contributed by atoms with Gasteiger partial charge < -0.3 is 9.32 Å². The van der Waals surface area contributed by atoms with Crippen LogP contribution >= 0.6 is 0 Å². The van der Waals surface area contributed by atoms with E-state index in [2.05, 4.69) is 266 Å². The summed E-state index contributed by atoms with van der Waals surface area (Å²) in [5.41, 5.74) is 18.9. The first-order valence-corrected chi connectivity index (χ1v) is 23.1. The van der Waals surface area contributed by atoms with Crippen molar-refractivity contribution in [1.82, 2.24) is 0 Å². The molecule has 0 bridgehead atoms. The first-order chi connectivity index (χ1) is 33.2. The van der Waals surface area contributed by atoms with Crippen LogP contribution in [0.2, 0.25) is 0 Å². The maximum atomic E-state index is 7.24. The van der Waals surface area contributed by atoms with Crippen molar-refractivity contribution < 1.29 is 4.42 Å². The van der Waals surface area contributed by atoms with Crippen LogP contribution < -0.4 is 4.90 Å². The van der Waals surface area contributed by atoms with Crippen LogP contribution in [-0.4, -0.2) is 0 Å². The quantitative estimate of drug-likeness (QED) is 0.151. The largest absolute Gasteiger partial charge is 0.455 e. The van der Waals surface area contributed by atoms with Gasteiger partial charge in [0, 0.05) is 22.3 Å². The number of hydrogen-bond donors (Lipinski definition) is 0. The minimum atomic E-state index is -0.526. The highest BCUT2D eigenvalue weighted by Gasteiger charge is 2.46. The van der Waals surface area contributed by atoms with E-state index in [1.165, 1.54) is 55.6 Å². The standard InChI is InChI=1S/C65H43NO/c1-5-18-44(19-6-1)46-32-37-52(38-33-46)66(53-39-34-47(35-40-53)45-20-7-2-8-21-45)60-30-17-31-61-63(60)57-42-48-22-13-14-27-54(48)62(64(57)67-61)49-36-41-56-55-28-15-16-29-58(55)65(59(56)43-49,50-23-9-3-10-24-50)51-25-11-4-12-26-51/h1-43H. The fourth-order valence-electron chi connectivity index (χ4n) is 11.0. The second kappa shape index (κ2) is 15.8. The molecule has 0 unspecified atom stereocenters. The van der Waals surface area contributed by atoms with Gasteiger partial charge in [-0.25, -0.2) is 0 Å². The summed E-state index contributed by atoms with van der Waals surface area (Å²) in [6, 6.07) is 94.8. The van der Waals surface area contributed by atoms with E-state index in [9.17, 15) is 0 Å². The summed E-state index contributed by atoms with van der Waals surface area (Å²) in [5, 5.41) is 4.46. The van der Waals surface area contributed by atoms with E-state index in [0.29, 0.717) is 0 Å². The van der Waals surface area contributed by atoms with Crippen LogP contribution in [0.15, 0.2) is 265 Å². The summed E-state index contributed by atoms with van der Waals surface area (Å²) < 4.78 is 7.24. The van der Waals surface area contributed by atoms with Gasteiger partial charge in [-0.2, -0.15) is 0 Å². The van der Waals surface area contributed by atoms with Crippen molar-refractivity contribution in [3.8, 4) is 44.5 Å². The van der Waals surface area contributed by atoms with Gasteiger partial charge in [-0.15, -0.1) is 0 Å². The molecule has 67 heavy (non-hydrogen) atoms. The fraction of sp³-hybridized carbons (Fsp3) is 0.0154. The third-order valence-corrected chi connectivity index (χ3v) is 13.9. The van der Waals surface area contributed by atoms with Gasteiger partial charge in [-0.05, 0) is 121 Å². The monoisotopic (exact) mass is 853 g/mol. The lowest BCUT2D eigenvalue weighted by molar-refractivity contribution is 0.670. The van der Waals surface area contributed by atoms with Crippen molar-refractivity contribution in [2.24, 2.45) is 0 Å². The molecular weight excluding hydrogens is 811 g/mol. The number of nitrogens with zero attached hydrogens (tertiary/aromatic N) is 1. The molecule has 0 aliphatic heterocycles. The van der Waals surface area contributed by atoms with Crippen molar-refractivity contribution >= 4 is 49.8 Å². The lowest BCUT2D eigenvalue weighted by Gasteiger charge is -2.34. The molecule has 0 amide bonds. The Morgan fingerprint density at radius 2 is 0.851 bits per heavy atom. The number of benzene rings is 11. The smallest absolute Gasteiger partial charge is 0.143 e. The van der Waals surface area contributed by atoms with E-state index >= 15 is 0 Å². The Labute approximate surface area is 390 Å². The summed E-state index contributed by atoms with van der Waals surface area (Å²) in [5.74, 6) is 0. The summed E-state index contributed by atoms with van der Waals surface area (Å²) in [6.45, 7) is 0. The van der Waals surface area contributed by atoms with Crippen LogP contribution in [0, 0.1) is 0 Å². The highest BCUT2D eigenvalue weighted by Crippen LogP contribution is 2.57. The molecular formula is C65H43NO. The molecule has 0 spiro atoms.